The van der Waals surface area contributed by atoms with Crippen LogP contribution in [0.3, 0.4) is 0 Å². The molecule has 1 saturated heterocycles. The van der Waals surface area contributed by atoms with Crippen molar-refractivity contribution < 1.29 is 4.52 Å². The third kappa shape index (κ3) is 4.03. The van der Waals surface area contributed by atoms with Gasteiger partial charge in [-0.2, -0.15) is 4.98 Å². The van der Waals surface area contributed by atoms with E-state index in [1.54, 1.807) is 0 Å². The lowest BCUT2D eigenvalue weighted by Gasteiger charge is -2.25. The van der Waals surface area contributed by atoms with E-state index in [0.717, 1.165) is 45.0 Å². The van der Waals surface area contributed by atoms with Crippen molar-refractivity contribution in [3.05, 3.63) is 47.6 Å². The molecule has 6 heteroatoms. The maximum Gasteiger partial charge on any atom is 0.240 e. The van der Waals surface area contributed by atoms with Gasteiger partial charge in [-0.05, 0) is 5.56 Å². The van der Waals surface area contributed by atoms with Crippen molar-refractivity contribution in [1.82, 2.24) is 20.4 Å². The second kappa shape index (κ2) is 7.38. The zero-order chi connectivity index (χ0) is 12.9. The number of hydrogen-bond donors (Lipinski definition) is 1. The summed E-state index contributed by atoms with van der Waals surface area (Å²) in [6.45, 7) is 4.90. The van der Waals surface area contributed by atoms with Crippen molar-refractivity contribution in [1.29, 1.82) is 0 Å². The van der Waals surface area contributed by atoms with E-state index in [4.69, 9.17) is 4.52 Å². The van der Waals surface area contributed by atoms with Crippen LogP contribution in [0.15, 0.2) is 34.9 Å². The largest absolute Gasteiger partial charge is 0.338 e. The van der Waals surface area contributed by atoms with E-state index >= 15 is 0 Å². The van der Waals surface area contributed by atoms with E-state index in [0.29, 0.717) is 5.89 Å². The summed E-state index contributed by atoms with van der Waals surface area (Å²) in [7, 11) is 0. The molecule has 5 nitrogen and oxygen atoms in total. The average molecular weight is 295 g/mol. The SMILES string of the molecule is Cl.c1ccc(Cc2noc(CN3CCNCC3)n2)cc1. The van der Waals surface area contributed by atoms with Crippen molar-refractivity contribution in [3.63, 3.8) is 0 Å². The molecule has 1 fully saturated rings. The normalized spacial score (nSPS) is 15.8. The molecule has 20 heavy (non-hydrogen) atoms. The molecular formula is C14H19ClN4O. The van der Waals surface area contributed by atoms with Gasteiger partial charge in [0, 0.05) is 32.6 Å². The Morgan fingerprint density at radius 3 is 2.65 bits per heavy atom. The first-order chi connectivity index (χ1) is 9.40. The quantitative estimate of drug-likeness (QED) is 0.926. The highest BCUT2D eigenvalue weighted by Gasteiger charge is 2.14. The lowest BCUT2D eigenvalue weighted by Crippen LogP contribution is -2.42. The fraction of sp³-hybridized carbons (Fsp3) is 0.429. The zero-order valence-electron chi connectivity index (χ0n) is 11.3. The minimum absolute atomic E-state index is 0. The topological polar surface area (TPSA) is 54.2 Å². The van der Waals surface area contributed by atoms with Crippen LogP contribution in [0.25, 0.3) is 0 Å². The standard InChI is InChI=1S/C14H18N4O.ClH/c1-2-4-12(5-3-1)10-13-16-14(19-17-13)11-18-8-6-15-7-9-18;/h1-5,15H,6-11H2;1H. The summed E-state index contributed by atoms with van der Waals surface area (Å²) in [4.78, 5) is 6.79. The average Bonchev–Trinajstić information content (AvgIpc) is 2.88. The van der Waals surface area contributed by atoms with Gasteiger partial charge in [0.15, 0.2) is 5.82 Å². The minimum atomic E-state index is 0. The number of hydrogen-bond acceptors (Lipinski definition) is 5. The van der Waals surface area contributed by atoms with Gasteiger partial charge in [-0.15, -0.1) is 12.4 Å². The van der Waals surface area contributed by atoms with Gasteiger partial charge >= 0.3 is 0 Å². The number of halogens is 1. The molecule has 0 bridgehead atoms. The Bertz CT molecular complexity index is 511. The summed E-state index contributed by atoms with van der Waals surface area (Å²) in [5.74, 6) is 1.48. The number of aromatic nitrogens is 2. The first-order valence-electron chi connectivity index (χ1n) is 6.68. The van der Waals surface area contributed by atoms with Gasteiger partial charge in [0.1, 0.15) is 0 Å². The van der Waals surface area contributed by atoms with Crippen LogP contribution in [0.4, 0.5) is 0 Å². The number of piperazine rings is 1. The molecule has 1 aromatic heterocycles. The monoisotopic (exact) mass is 294 g/mol. The van der Waals surface area contributed by atoms with Crippen LogP contribution in [0, 0.1) is 0 Å². The van der Waals surface area contributed by atoms with E-state index in [9.17, 15) is 0 Å². The van der Waals surface area contributed by atoms with Gasteiger partial charge < -0.3 is 9.84 Å². The lowest BCUT2D eigenvalue weighted by atomic mass is 10.1. The summed E-state index contributed by atoms with van der Waals surface area (Å²) in [6, 6.07) is 10.2. The van der Waals surface area contributed by atoms with E-state index in [1.807, 2.05) is 18.2 Å². The van der Waals surface area contributed by atoms with Gasteiger partial charge in [0.25, 0.3) is 0 Å². The van der Waals surface area contributed by atoms with E-state index in [-0.39, 0.29) is 12.4 Å². The van der Waals surface area contributed by atoms with Crippen LogP contribution >= 0.6 is 12.4 Å². The van der Waals surface area contributed by atoms with Gasteiger partial charge in [-0.3, -0.25) is 4.90 Å². The number of rotatable bonds is 4. The number of nitrogens with zero attached hydrogens (tertiary/aromatic N) is 3. The molecule has 1 aromatic carbocycles. The van der Waals surface area contributed by atoms with Gasteiger partial charge in [-0.25, -0.2) is 0 Å². The minimum Gasteiger partial charge on any atom is -0.338 e. The summed E-state index contributed by atoms with van der Waals surface area (Å²) in [5, 5.41) is 7.38. The van der Waals surface area contributed by atoms with Gasteiger partial charge in [0.05, 0.1) is 6.54 Å². The van der Waals surface area contributed by atoms with Crippen molar-refractivity contribution in [2.75, 3.05) is 26.2 Å². The molecule has 0 amide bonds. The van der Waals surface area contributed by atoms with Crippen LogP contribution in [-0.2, 0) is 13.0 Å². The Kier molecular flexibility index (Phi) is 5.52. The number of benzene rings is 1. The van der Waals surface area contributed by atoms with E-state index in [1.165, 1.54) is 5.56 Å². The van der Waals surface area contributed by atoms with Crippen LogP contribution in [-0.4, -0.2) is 41.2 Å². The molecule has 108 valence electrons. The van der Waals surface area contributed by atoms with E-state index < -0.39 is 0 Å². The Labute approximate surface area is 124 Å². The highest BCUT2D eigenvalue weighted by molar-refractivity contribution is 5.85. The Morgan fingerprint density at radius 2 is 1.90 bits per heavy atom. The van der Waals surface area contributed by atoms with Gasteiger partial charge in [-0.1, -0.05) is 35.5 Å². The molecule has 0 unspecified atom stereocenters. The third-order valence-corrected chi connectivity index (χ3v) is 3.28. The van der Waals surface area contributed by atoms with Crippen molar-refractivity contribution >= 4 is 12.4 Å². The third-order valence-electron chi connectivity index (χ3n) is 3.28. The highest BCUT2D eigenvalue weighted by Crippen LogP contribution is 2.08. The molecule has 0 radical (unpaired) electrons. The predicted molar refractivity (Wildman–Crippen MR) is 78.9 cm³/mol. The van der Waals surface area contributed by atoms with Crippen LogP contribution in [0.5, 0.6) is 0 Å². The van der Waals surface area contributed by atoms with Crippen LogP contribution in [0.2, 0.25) is 0 Å². The molecule has 1 aliphatic heterocycles. The molecule has 1 aliphatic rings. The van der Waals surface area contributed by atoms with Crippen LogP contribution in [0.1, 0.15) is 17.3 Å². The first-order valence-corrected chi connectivity index (χ1v) is 6.68. The molecule has 0 aliphatic carbocycles. The summed E-state index contributed by atoms with van der Waals surface area (Å²) in [5.41, 5.74) is 1.21. The Hall–Kier alpha value is -1.43. The fourth-order valence-electron chi connectivity index (χ4n) is 2.27. The number of nitrogens with one attached hydrogen (secondary N) is 1. The van der Waals surface area contributed by atoms with Crippen LogP contribution < -0.4 is 5.32 Å². The molecule has 1 N–H and O–H groups in total. The summed E-state index contributed by atoms with van der Waals surface area (Å²) >= 11 is 0. The maximum atomic E-state index is 5.32. The molecule has 0 saturated carbocycles. The fourth-order valence-corrected chi connectivity index (χ4v) is 2.27. The van der Waals surface area contributed by atoms with E-state index in [2.05, 4.69) is 32.5 Å². The lowest BCUT2D eigenvalue weighted by molar-refractivity contribution is 0.203. The summed E-state index contributed by atoms with van der Waals surface area (Å²) < 4.78 is 5.32. The molecular weight excluding hydrogens is 276 g/mol. The van der Waals surface area contributed by atoms with Gasteiger partial charge in [0.2, 0.25) is 5.89 Å². The van der Waals surface area contributed by atoms with Crippen molar-refractivity contribution in [2.45, 2.75) is 13.0 Å². The molecule has 2 heterocycles. The highest BCUT2D eigenvalue weighted by atomic mass is 35.5. The zero-order valence-corrected chi connectivity index (χ0v) is 12.1. The smallest absolute Gasteiger partial charge is 0.240 e. The second-order valence-electron chi connectivity index (χ2n) is 4.79. The predicted octanol–water partition coefficient (Wildman–Crippen LogP) is 1.49. The first kappa shape index (κ1) is 15.0. The Morgan fingerprint density at radius 1 is 1.15 bits per heavy atom. The second-order valence-corrected chi connectivity index (χ2v) is 4.79. The molecule has 0 atom stereocenters. The van der Waals surface area contributed by atoms with Crippen molar-refractivity contribution in [2.24, 2.45) is 0 Å². The summed E-state index contributed by atoms with van der Waals surface area (Å²) in [6.07, 6.45) is 0.728. The van der Waals surface area contributed by atoms with Crippen molar-refractivity contribution in [3.8, 4) is 0 Å². The Balaban J connectivity index is 0.00000147. The molecule has 2 aromatic rings. The maximum absolute atomic E-state index is 5.32. The molecule has 3 rings (SSSR count). The molecule has 0 spiro atoms.